The number of amides is 6. The molecule has 2 atom stereocenters. The molecule has 488 valence electrons. The molecule has 4 aromatic rings. The Labute approximate surface area is 534 Å². The molecule has 4 heterocycles. The van der Waals surface area contributed by atoms with E-state index in [1.54, 1.807) is 29.3 Å². The molecule has 8 aliphatic rings. The Balaban J connectivity index is 0.661. The summed E-state index contributed by atoms with van der Waals surface area (Å²) < 4.78 is 99.9. The van der Waals surface area contributed by atoms with Crippen molar-refractivity contribution in [1.29, 1.82) is 0 Å². The van der Waals surface area contributed by atoms with Gasteiger partial charge in [0, 0.05) is 106 Å². The van der Waals surface area contributed by atoms with Gasteiger partial charge in [-0.15, -0.1) is 11.8 Å². The zero-order chi connectivity index (χ0) is 64.7. The van der Waals surface area contributed by atoms with Crippen molar-refractivity contribution in [2.45, 2.75) is 137 Å². The minimum Gasteiger partial charge on any atom is -0.380 e. The van der Waals surface area contributed by atoms with E-state index in [1.807, 2.05) is 35.1 Å². The molecular formula is C66H80F3N9O10S3. The predicted molar refractivity (Wildman–Crippen MR) is 341 cm³/mol. The number of nitrogens with one attached hydrogen (secondary N) is 4. The zero-order valence-electron chi connectivity index (χ0n) is 51.7. The molecule has 91 heavy (non-hydrogen) atoms. The van der Waals surface area contributed by atoms with E-state index < -0.39 is 82.5 Å². The number of carbonyl (C=O) groups excluding carboxylic acids is 6. The van der Waals surface area contributed by atoms with Gasteiger partial charge in [0.15, 0.2) is 0 Å². The van der Waals surface area contributed by atoms with Crippen LogP contribution in [-0.2, 0) is 34.2 Å². The van der Waals surface area contributed by atoms with Crippen LogP contribution in [0.3, 0.4) is 0 Å². The van der Waals surface area contributed by atoms with Crippen LogP contribution in [0.5, 0.6) is 0 Å². The Hall–Kier alpha value is -6.64. The first-order valence-electron chi connectivity index (χ1n) is 31.5. The molecular weight excluding hydrogens is 1230 g/mol. The number of unbranched alkanes of at least 4 members (excludes halogenated alkanes) is 2. The molecule has 4 aliphatic heterocycles. The van der Waals surface area contributed by atoms with Gasteiger partial charge in [-0.2, -0.15) is 13.2 Å². The molecule has 3 saturated carbocycles. The topological polar surface area (TPSA) is 235 Å². The number of carbonyl (C=O) groups is 6. The van der Waals surface area contributed by atoms with Crippen molar-refractivity contribution in [2.75, 3.05) is 93.3 Å². The van der Waals surface area contributed by atoms with E-state index in [0.717, 1.165) is 99.2 Å². The van der Waals surface area contributed by atoms with Crippen molar-refractivity contribution in [1.82, 2.24) is 29.6 Å². The van der Waals surface area contributed by atoms with Crippen LogP contribution in [0.1, 0.15) is 135 Å². The molecule has 25 heteroatoms. The highest BCUT2D eigenvalue weighted by atomic mass is 32.2. The van der Waals surface area contributed by atoms with Crippen molar-refractivity contribution < 1.29 is 58.8 Å². The Morgan fingerprint density at radius 2 is 1.43 bits per heavy atom. The number of piperazine rings is 2. The van der Waals surface area contributed by atoms with Crippen LogP contribution in [0.15, 0.2) is 117 Å². The molecule has 0 radical (unpaired) electrons. The second kappa shape index (κ2) is 26.4. The maximum absolute atomic E-state index is 14.5. The number of sulfone groups is 1. The quantitative estimate of drug-likeness (QED) is 0.0222. The second-order valence-corrected chi connectivity index (χ2v) is 31.6. The van der Waals surface area contributed by atoms with Gasteiger partial charge in [0.1, 0.15) is 10.9 Å². The minimum absolute atomic E-state index is 0.00300. The van der Waals surface area contributed by atoms with E-state index in [0.29, 0.717) is 60.5 Å². The number of alkyl halides is 3. The number of benzene rings is 4. The maximum atomic E-state index is 14.5. The third-order valence-electron chi connectivity index (χ3n) is 19.4. The normalized spacial score (nSPS) is 23.5. The number of rotatable bonds is 24. The summed E-state index contributed by atoms with van der Waals surface area (Å²) in [5.74, 6) is -3.66. The number of allylic oxidation sites excluding steroid dienone is 1. The molecule has 19 nitrogen and oxygen atoms in total. The molecule has 1 unspecified atom stereocenters. The highest BCUT2D eigenvalue weighted by molar-refractivity contribution is 7.99. The molecule has 4 N–H and O–H groups in total. The first-order valence-corrected chi connectivity index (χ1v) is 35.5. The van der Waals surface area contributed by atoms with Gasteiger partial charge in [0.2, 0.25) is 17.7 Å². The Morgan fingerprint density at radius 1 is 0.747 bits per heavy atom. The van der Waals surface area contributed by atoms with Crippen LogP contribution < -0.4 is 25.6 Å². The number of imide groups is 2. The lowest BCUT2D eigenvalue weighted by Gasteiger charge is -2.72. The first kappa shape index (κ1) is 65.8. The fourth-order valence-electron chi connectivity index (χ4n) is 14.7. The molecule has 3 saturated heterocycles. The zero-order valence-corrected chi connectivity index (χ0v) is 54.1. The number of hydrogen-bond donors (Lipinski definition) is 4. The fourth-order valence-corrected chi connectivity index (χ4v) is 17.7. The molecule has 0 aromatic heterocycles. The average molecular weight is 1310 g/mol. The van der Waals surface area contributed by atoms with E-state index in [2.05, 4.69) is 56.3 Å². The molecule has 4 aromatic carbocycles. The number of nitrogens with zero attached hydrogens (tertiary/aromatic N) is 5. The fraction of sp³-hybridized carbons (Fsp3) is 0.515. The summed E-state index contributed by atoms with van der Waals surface area (Å²) in [6.07, 6.45) is 10.1. The summed E-state index contributed by atoms with van der Waals surface area (Å²) in [6, 6.07) is 21.0. The van der Waals surface area contributed by atoms with Crippen molar-refractivity contribution in [3.8, 4) is 0 Å². The second-order valence-electron chi connectivity index (χ2n) is 26.9. The third-order valence-corrected chi connectivity index (χ3v) is 23.4. The summed E-state index contributed by atoms with van der Waals surface area (Å²) in [6.45, 7) is 15.6. The SMILES string of the molecule is CC1(C)CCC(CN2CCN(c3ccc(C(=O)NS(=O)(=O)c4ccc(N[C@H](CCN5CCN(CCCCCC(=O)Nc6cccc7c6C(=O)N(C6CCC(=O)NC6=O)C7=O)CC5)CSc5ccccc5)c(S(=O)(=O)C(F)(F)F)c4)cc3)CC2)=C(C23CC(C)(C2)C3)C1. The van der Waals surface area contributed by atoms with E-state index in [4.69, 9.17) is 0 Å². The standard InChI is InChI=1S/C66H80F3N9O10S3/c1-63(2)26-24-45(51(38-63)65-41-64(3,42-65)43-65)39-76-33-35-77(36-34-76)47-18-16-44(17-19-47)59(81)73-91(87,88)49-20-21-52(55(37-49)90(85,86)66(67,68)69)70-46(40-89-48-11-6-4-7-12-48)25-28-75-31-29-74(30-32-75)27-9-5-8-15-56(79)71-53-14-10-13-50-58(53)62(84)78(61(50)83)54-22-23-57(80)72-60(54)82/h4,6-7,10-14,16-21,37,46,54,70H,5,8-9,15,22-36,38-43H2,1-3H3,(H,71,79)(H,73,81)(H,72,80,82)/t46-,54?,64?,65?/m1/s1. The predicted octanol–water partition coefficient (Wildman–Crippen LogP) is 9.10. The summed E-state index contributed by atoms with van der Waals surface area (Å²) >= 11 is 1.43. The molecule has 2 bridgehead atoms. The Bertz CT molecular complexity index is 3720. The van der Waals surface area contributed by atoms with E-state index in [1.165, 1.54) is 68.1 Å². The van der Waals surface area contributed by atoms with Gasteiger partial charge in [-0.3, -0.25) is 43.9 Å². The van der Waals surface area contributed by atoms with Gasteiger partial charge in [-0.1, -0.05) is 62.6 Å². The third kappa shape index (κ3) is 14.6. The number of piperidine rings is 1. The van der Waals surface area contributed by atoms with Crippen molar-refractivity contribution >= 4 is 84.1 Å². The summed E-state index contributed by atoms with van der Waals surface area (Å²) in [5.41, 5.74) is -0.487. The lowest BCUT2D eigenvalue weighted by Crippen LogP contribution is -2.61. The van der Waals surface area contributed by atoms with Crippen LogP contribution in [-0.4, -0.2) is 167 Å². The number of hydrogen-bond acceptors (Lipinski definition) is 16. The molecule has 12 rings (SSSR count). The molecule has 6 amide bonds. The number of thioether (sulfide) groups is 1. The highest BCUT2D eigenvalue weighted by Gasteiger charge is 2.67. The number of fused-ring (bicyclic) bond motifs is 1. The Morgan fingerprint density at radius 3 is 2.10 bits per heavy atom. The molecule has 4 aliphatic carbocycles. The van der Waals surface area contributed by atoms with Gasteiger partial charge in [0.25, 0.3) is 37.6 Å². The van der Waals surface area contributed by atoms with E-state index in [-0.39, 0.29) is 47.5 Å². The summed E-state index contributed by atoms with van der Waals surface area (Å²) in [4.78, 5) is 86.4. The summed E-state index contributed by atoms with van der Waals surface area (Å²) in [5, 5.41) is 7.97. The number of sulfonamides is 1. The number of anilines is 3. The largest absolute Gasteiger partial charge is 0.501 e. The van der Waals surface area contributed by atoms with Crippen molar-refractivity contribution in [2.24, 2.45) is 16.2 Å². The monoisotopic (exact) mass is 1310 g/mol. The number of halogens is 3. The average Bonchev–Trinajstić information content (AvgIpc) is 1.22. The van der Waals surface area contributed by atoms with E-state index in [9.17, 15) is 58.8 Å². The Kier molecular flexibility index (Phi) is 19.1. The van der Waals surface area contributed by atoms with Crippen LogP contribution in [0, 0.1) is 16.2 Å². The highest BCUT2D eigenvalue weighted by Crippen LogP contribution is 2.77. The van der Waals surface area contributed by atoms with Gasteiger partial charge < -0.3 is 25.3 Å². The van der Waals surface area contributed by atoms with Gasteiger partial charge in [0.05, 0.1) is 27.4 Å². The van der Waals surface area contributed by atoms with Gasteiger partial charge in [-0.25, -0.2) is 21.6 Å². The minimum atomic E-state index is -6.14. The smallest absolute Gasteiger partial charge is 0.380 e. The van der Waals surface area contributed by atoms with Crippen LogP contribution >= 0.6 is 11.8 Å². The van der Waals surface area contributed by atoms with E-state index >= 15 is 0 Å². The lowest BCUT2D eigenvalue weighted by molar-refractivity contribution is -0.167. The summed E-state index contributed by atoms with van der Waals surface area (Å²) in [7, 11) is -11.0. The maximum Gasteiger partial charge on any atom is 0.501 e. The molecule has 0 spiro atoms. The first-order chi connectivity index (χ1) is 43.2. The van der Waals surface area contributed by atoms with Crippen LogP contribution in [0.2, 0.25) is 0 Å². The van der Waals surface area contributed by atoms with Gasteiger partial charge in [-0.05, 0) is 154 Å². The van der Waals surface area contributed by atoms with Crippen molar-refractivity contribution in [3.63, 3.8) is 0 Å². The van der Waals surface area contributed by atoms with Crippen LogP contribution in [0.25, 0.3) is 0 Å². The van der Waals surface area contributed by atoms with Gasteiger partial charge >= 0.3 is 5.51 Å². The van der Waals surface area contributed by atoms with Crippen molar-refractivity contribution in [3.05, 3.63) is 119 Å². The lowest BCUT2D eigenvalue weighted by atomic mass is 9.33. The van der Waals surface area contributed by atoms with Crippen LogP contribution in [0.4, 0.5) is 30.2 Å². The molecule has 6 fully saturated rings.